The number of rotatable bonds is 11. The van der Waals surface area contributed by atoms with Gasteiger partial charge in [-0.3, -0.25) is 0 Å². The van der Waals surface area contributed by atoms with E-state index in [-0.39, 0.29) is 12.7 Å². The van der Waals surface area contributed by atoms with Crippen molar-refractivity contribution in [2.75, 3.05) is 26.3 Å². The largest absolute Gasteiger partial charge is 0.389 e. The van der Waals surface area contributed by atoms with Gasteiger partial charge in [0.05, 0.1) is 0 Å². The Hall–Kier alpha value is -0.330. The van der Waals surface area contributed by atoms with Crippen molar-refractivity contribution in [3.05, 3.63) is 0 Å². The minimum atomic E-state index is -4.03. The Labute approximate surface area is 107 Å². The Balaban J connectivity index is 3.37. The minimum absolute atomic E-state index is 0.177. The van der Waals surface area contributed by atoms with Crippen LogP contribution in [0.1, 0.15) is 39.5 Å². The van der Waals surface area contributed by atoms with Crippen LogP contribution in [0.25, 0.3) is 0 Å². The summed E-state index contributed by atoms with van der Waals surface area (Å²) in [6, 6.07) is 0. The predicted molar refractivity (Wildman–Crippen MR) is 64.4 cm³/mol. The van der Waals surface area contributed by atoms with Crippen LogP contribution in [0.2, 0.25) is 0 Å². The summed E-state index contributed by atoms with van der Waals surface area (Å²) in [5, 5.41) is 3.09. The van der Waals surface area contributed by atoms with Crippen molar-refractivity contribution in [1.82, 2.24) is 5.32 Å². The molecule has 0 spiro atoms. The van der Waals surface area contributed by atoms with Crippen LogP contribution >= 0.6 is 0 Å². The van der Waals surface area contributed by atoms with Crippen LogP contribution in [0.4, 0.5) is 13.2 Å². The molecule has 3 nitrogen and oxygen atoms in total. The Kier molecular flexibility index (Phi) is 10.4. The first-order valence-corrected chi connectivity index (χ1v) is 6.50. The van der Waals surface area contributed by atoms with Crippen molar-refractivity contribution in [2.24, 2.45) is 0 Å². The lowest BCUT2D eigenvalue weighted by atomic mass is 10.2. The molecule has 0 radical (unpaired) electrons. The summed E-state index contributed by atoms with van der Waals surface area (Å²) in [4.78, 5) is 0. The van der Waals surface area contributed by atoms with Gasteiger partial charge in [0.25, 0.3) is 0 Å². The molecule has 0 heterocycles. The molecule has 1 N–H and O–H groups in total. The minimum Gasteiger partial charge on any atom is -0.353 e. The van der Waals surface area contributed by atoms with E-state index in [0.717, 1.165) is 0 Å². The highest BCUT2D eigenvalue weighted by molar-refractivity contribution is 4.55. The number of hydrogen-bond donors (Lipinski definition) is 1. The van der Waals surface area contributed by atoms with Gasteiger partial charge < -0.3 is 14.8 Å². The smallest absolute Gasteiger partial charge is 0.353 e. The second-order valence-electron chi connectivity index (χ2n) is 3.95. The number of unbranched alkanes of at least 4 members (excludes halogenated alkanes) is 1. The van der Waals surface area contributed by atoms with Crippen LogP contribution in [-0.4, -0.2) is 38.8 Å². The van der Waals surface area contributed by atoms with Crippen LogP contribution in [0, 0.1) is 0 Å². The van der Waals surface area contributed by atoms with E-state index in [1.54, 1.807) is 0 Å². The molecule has 0 saturated heterocycles. The molecule has 0 aliphatic rings. The molecule has 0 aliphatic carbocycles. The van der Waals surface area contributed by atoms with Gasteiger partial charge in [0.2, 0.25) is 0 Å². The number of halogens is 3. The number of nitrogens with one attached hydrogen (secondary N) is 1. The van der Waals surface area contributed by atoms with Crippen LogP contribution in [0.5, 0.6) is 0 Å². The summed E-state index contributed by atoms with van der Waals surface area (Å²) in [7, 11) is 0. The molecule has 0 amide bonds. The van der Waals surface area contributed by atoms with Gasteiger partial charge >= 0.3 is 6.18 Å². The van der Waals surface area contributed by atoms with Crippen molar-refractivity contribution in [3.63, 3.8) is 0 Å². The van der Waals surface area contributed by atoms with Crippen molar-refractivity contribution < 1.29 is 22.6 Å². The van der Waals surface area contributed by atoms with E-state index in [1.165, 1.54) is 0 Å². The third-order valence-electron chi connectivity index (χ3n) is 2.33. The van der Waals surface area contributed by atoms with E-state index < -0.39 is 12.6 Å². The summed E-state index contributed by atoms with van der Waals surface area (Å²) in [5.41, 5.74) is 0. The Morgan fingerprint density at radius 2 is 1.61 bits per heavy atom. The first-order chi connectivity index (χ1) is 8.49. The van der Waals surface area contributed by atoms with Crippen LogP contribution in [0.15, 0.2) is 0 Å². The molecule has 18 heavy (non-hydrogen) atoms. The quantitative estimate of drug-likeness (QED) is 0.463. The zero-order valence-corrected chi connectivity index (χ0v) is 11.2. The normalized spacial score (nSPS) is 12.3. The van der Waals surface area contributed by atoms with Gasteiger partial charge in [-0.25, -0.2) is 0 Å². The second kappa shape index (κ2) is 10.6. The summed E-state index contributed by atoms with van der Waals surface area (Å²) < 4.78 is 46.2. The zero-order chi connectivity index (χ0) is 13.9. The molecule has 0 aliphatic heterocycles. The van der Waals surface area contributed by atoms with Gasteiger partial charge in [-0.05, 0) is 39.8 Å². The van der Waals surface area contributed by atoms with Gasteiger partial charge in [0.15, 0.2) is 6.29 Å². The fourth-order valence-corrected chi connectivity index (χ4v) is 1.51. The van der Waals surface area contributed by atoms with E-state index in [2.05, 4.69) is 5.32 Å². The zero-order valence-electron chi connectivity index (χ0n) is 11.2. The lowest BCUT2D eigenvalue weighted by molar-refractivity contribution is -0.138. The molecule has 0 aromatic rings. The number of hydrogen-bond acceptors (Lipinski definition) is 3. The fraction of sp³-hybridized carbons (Fsp3) is 1.00. The van der Waals surface area contributed by atoms with Crippen LogP contribution in [0.3, 0.4) is 0 Å². The third kappa shape index (κ3) is 12.1. The van der Waals surface area contributed by atoms with Crippen molar-refractivity contribution >= 4 is 0 Å². The van der Waals surface area contributed by atoms with E-state index in [9.17, 15) is 13.2 Å². The maximum Gasteiger partial charge on any atom is 0.389 e. The number of ether oxygens (including phenoxy) is 2. The molecule has 0 aromatic heterocycles. The summed E-state index contributed by atoms with van der Waals surface area (Å²) in [5.74, 6) is 0. The topological polar surface area (TPSA) is 30.5 Å². The summed E-state index contributed by atoms with van der Waals surface area (Å²) in [6.45, 7) is 6.28. The first kappa shape index (κ1) is 17.7. The fourth-order valence-electron chi connectivity index (χ4n) is 1.51. The lowest BCUT2D eigenvalue weighted by Gasteiger charge is -2.17. The van der Waals surface area contributed by atoms with Gasteiger partial charge in [0.1, 0.15) is 0 Å². The van der Waals surface area contributed by atoms with E-state index >= 15 is 0 Å². The highest BCUT2D eigenvalue weighted by Crippen LogP contribution is 2.21. The first-order valence-electron chi connectivity index (χ1n) is 6.50. The van der Waals surface area contributed by atoms with E-state index in [1.807, 2.05) is 13.8 Å². The van der Waals surface area contributed by atoms with E-state index in [4.69, 9.17) is 9.47 Å². The van der Waals surface area contributed by atoms with Crippen molar-refractivity contribution in [1.29, 1.82) is 0 Å². The van der Waals surface area contributed by atoms with Crippen molar-refractivity contribution in [3.8, 4) is 0 Å². The molecular weight excluding hydrogens is 247 g/mol. The third-order valence-corrected chi connectivity index (χ3v) is 2.33. The maximum atomic E-state index is 11.9. The average molecular weight is 271 g/mol. The van der Waals surface area contributed by atoms with Crippen LogP contribution < -0.4 is 5.32 Å². The molecule has 0 rings (SSSR count). The second-order valence-corrected chi connectivity index (χ2v) is 3.95. The summed E-state index contributed by atoms with van der Waals surface area (Å²) >= 11 is 0. The van der Waals surface area contributed by atoms with Gasteiger partial charge in [-0.1, -0.05) is 0 Å². The molecule has 0 saturated carbocycles. The molecule has 0 unspecified atom stereocenters. The highest BCUT2D eigenvalue weighted by atomic mass is 19.4. The highest BCUT2D eigenvalue weighted by Gasteiger charge is 2.25. The Morgan fingerprint density at radius 3 is 2.11 bits per heavy atom. The molecule has 0 bridgehead atoms. The molecule has 0 atom stereocenters. The van der Waals surface area contributed by atoms with E-state index in [0.29, 0.717) is 39.1 Å². The SMILES string of the molecule is CCOC(CCNCCCCC(F)(F)F)OCC. The molecule has 6 heteroatoms. The molecule has 0 fully saturated rings. The van der Waals surface area contributed by atoms with Gasteiger partial charge in [-0.15, -0.1) is 0 Å². The maximum absolute atomic E-state index is 11.9. The predicted octanol–water partition coefficient (Wildman–Crippen LogP) is 3.10. The lowest BCUT2D eigenvalue weighted by Crippen LogP contribution is -2.25. The Morgan fingerprint density at radius 1 is 1.00 bits per heavy atom. The Bertz CT molecular complexity index is 183. The molecule has 0 aromatic carbocycles. The molecular formula is C12H24F3NO2. The standard InChI is InChI=1S/C12H24F3NO2/c1-3-17-11(18-4-2)7-10-16-9-6-5-8-12(13,14)15/h11,16H,3-10H2,1-2H3. The van der Waals surface area contributed by atoms with Gasteiger partial charge in [0, 0.05) is 26.1 Å². The van der Waals surface area contributed by atoms with Gasteiger partial charge in [-0.2, -0.15) is 13.2 Å². The van der Waals surface area contributed by atoms with Crippen molar-refractivity contribution in [2.45, 2.75) is 52.0 Å². The molecule has 110 valence electrons. The summed E-state index contributed by atoms with van der Waals surface area (Å²) in [6.07, 6.45) is -3.53. The van der Waals surface area contributed by atoms with Crippen LogP contribution in [-0.2, 0) is 9.47 Å². The number of alkyl halides is 3. The monoisotopic (exact) mass is 271 g/mol. The average Bonchev–Trinajstić information content (AvgIpc) is 2.26.